The SMILES string of the molecule is CC(C(C)S(C)(=O)=O)N(C)CC(=O)NCCCN(C)c1ccccc1. The first kappa shape index (κ1) is 21.4. The summed E-state index contributed by atoms with van der Waals surface area (Å²) in [6, 6.07) is 9.88. The summed E-state index contributed by atoms with van der Waals surface area (Å²) in [7, 11) is 0.681. The lowest BCUT2D eigenvalue weighted by Crippen LogP contribution is -2.46. The van der Waals surface area contributed by atoms with Gasteiger partial charge in [0.05, 0.1) is 11.8 Å². The maximum absolute atomic E-state index is 12.0. The van der Waals surface area contributed by atoms with E-state index in [-0.39, 0.29) is 18.5 Å². The maximum atomic E-state index is 12.0. The Bertz CT molecular complexity index is 634. The molecule has 0 radical (unpaired) electrons. The summed E-state index contributed by atoms with van der Waals surface area (Å²) < 4.78 is 23.2. The van der Waals surface area contributed by atoms with Crippen molar-refractivity contribution in [1.82, 2.24) is 10.2 Å². The van der Waals surface area contributed by atoms with Crippen molar-refractivity contribution < 1.29 is 13.2 Å². The molecular formula is C18H31N3O3S. The van der Waals surface area contributed by atoms with Gasteiger partial charge in [-0.3, -0.25) is 9.69 Å². The third kappa shape index (κ3) is 7.44. The maximum Gasteiger partial charge on any atom is 0.234 e. The zero-order valence-electron chi connectivity index (χ0n) is 15.9. The number of benzene rings is 1. The molecule has 0 bridgehead atoms. The first-order valence-corrected chi connectivity index (χ1v) is 10.5. The molecule has 0 aromatic heterocycles. The highest BCUT2D eigenvalue weighted by atomic mass is 32.2. The Balaban J connectivity index is 2.30. The molecule has 1 aromatic rings. The highest BCUT2D eigenvalue weighted by Gasteiger charge is 2.26. The van der Waals surface area contributed by atoms with Gasteiger partial charge in [-0.05, 0) is 39.4 Å². The fourth-order valence-electron chi connectivity index (χ4n) is 2.50. The van der Waals surface area contributed by atoms with Gasteiger partial charge in [0.2, 0.25) is 5.91 Å². The van der Waals surface area contributed by atoms with E-state index in [1.54, 1.807) is 18.9 Å². The average Bonchev–Trinajstić information content (AvgIpc) is 2.57. The van der Waals surface area contributed by atoms with E-state index >= 15 is 0 Å². The number of carbonyl (C=O) groups excluding carboxylic acids is 1. The summed E-state index contributed by atoms with van der Waals surface area (Å²) in [5.74, 6) is -0.0857. The fourth-order valence-corrected chi connectivity index (χ4v) is 3.42. The monoisotopic (exact) mass is 369 g/mol. The number of amides is 1. The second-order valence-corrected chi connectivity index (χ2v) is 9.05. The van der Waals surface area contributed by atoms with E-state index in [1.807, 2.05) is 32.2 Å². The van der Waals surface area contributed by atoms with Crippen LogP contribution in [0.2, 0.25) is 0 Å². The molecule has 0 fully saturated rings. The number of nitrogens with one attached hydrogen (secondary N) is 1. The van der Waals surface area contributed by atoms with Crippen LogP contribution in [0.25, 0.3) is 0 Å². The first-order chi connectivity index (χ1) is 11.6. The number of carbonyl (C=O) groups is 1. The molecule has 1 N–H and O–H groups in total. The Morgan fingerprint density at radius 1 is 1.16 bits per heavy atom. The fraction of sp³-hybridized carbons (Fsp3) is 0.611. The van der Waals surface area contributed by atoms with E-state index in [0.717, 1.165) is 18.7 Å². The van der Waals surface area contributed by atoms with Crippen molar-refractivity contribution in [1.29, 1.82) is 0 Å². The van der Waals surface area contributed by atoms with Crippen molar-refractivity contribution in [3.63, 3.8) is 0 Å². The molecule has 0 heterocycles. The highest BCUT2D eigenvalue weighted by molar-refractivity contribution is 7.91. The summed E-state index contributed by atoms with van der Waals surface area (Å²) in [6.45, 7) is 5.14. The van der Waals surface area contributed by atoms with Crippen LogP contribution in [0.15, 0.2) is 30.3 Å². The zero-order chi connectivity index (χ0) is 19.0. The molecule has 0 aliphatic carbocycles. The molecule has 7 heteroatoms. The van der Waals surface area contributed by atoms with Crippen molar-refractivity contribution in [3.8, 4) is 0 Å². The molecular weight excluding hydrogens is 338 g/mol. The number of likely N-dealkylation sites (N-methyl/N-ethyl adjacent to an activating group) is 1. The molecule has 0 aliphatic heterocycles. The van der Waals surface area contributed by atoms with Crippen LogP contribution < -0.4 is 10.2 Å². The third-order valence-corrected chi connectivity index (χ3v) is 6.38. The van der Waals surface area contributed by atoms with E-state index in [9.17, 15) is 13.2 Å². The molecule has 1 rings (SSSR count). The largest absolute Gasteiger partial charge is 0.375 e. The van der Waals surface area contributed by atoms with Gasteiger partial charge in [-0.25, -0.2) is 8.42 Å². The summed E-state index contributed by atoms with van der Waals surface area (Å²) >= 11 is 0. The predicted molar refractivity (Wildman–Crippen MR) is 104 cm³/mol. The smallest absolute Gasteiger partial charge is 0.234 e. The Hall–Kier alpha value is -1.60. The lowest BCUT2D eigenvalue weighted by atomic mass is 10.2. The molecule has 25 heavy (non-hydrogen) atoms. The van der Waals surface area contributed by atoms with Crippen LogP contribution in [-0.2, 0) is 14.6 Å². The van der Waals surface area contributed by atoms with Crippen LogP contribution >= 0.6 is 0 Å². The third-order valence-electron chi connectivity index (χ3n) is 4.63. The molecule has 142 valence electrons. The first-order valence-electron chi connectivity index (χ1n) is 8.55. The number of hydrogen-bond donors (Lipinski definition) is 1. The number of rotatable bonds is 10. The van der Waals surface area contributed by atoms with Gasteiger partial charge in [-0.1, -0.05) is 18.2 Å². The van der Waals surface area contributed by atoms with E-state index in [4.69, 9.17) is 0 Å². The number of nitrogens with zero attached hydrogens (tertiary/aromatic N) is 2. The molecule has 2 atom stereocenters. The van der Waals surface area contributed by atoms with E-state index in [0.29, 0.717) is 6.54 Å². The molecule has 0 saturated carbocycles. The van der Waals surface area contributed by atoms with Crippen LogP contribution in [0, 0.1) is 0 Å². The Morgan fingerprint density at radius 2 is 1.76 bits per heavy atom. The molecule has 1 amide bonds. The standard InChI is InChI=1S/C18H31N3O3S/c1-15(16(2)25(5,23)24)21(4)14-18(22)19-12-9-13-20(3)17-10-7-6-8-11-17/h6-8,10-11,15-16H,9,12-14H2,1-5H3,(H,19,22). The normalized spacial score (nSPS) is 14.2. The predicted octanol–water partition coefficient (Wildman–Crippen LogP) is 1.38. The van der Waals surface area contributed by atoms with Gasteiger partial charge in [0.1, 0.15) is 0 Å². The van der Waals surface area contributed by atoms with Gasteiger partial charge >= 0.3 is 0 Å². The summed E-state index contributed by atoms with van der Waals surface area (Å²) in [4.78, 5) is 16.0. The number of para-hydroxylation sites is 1. The Kier molecular flexibility index (Phi) is 8.38. The minimum atomic E-state index is -3.12. The highest BCUT2D eigenvalue weighted by Crippen LogP contribution is 2.11. The quantitative estimate of drug-likeness (QED) is 0.631. The average molecular weight is 370 g/mol. The second-order valence-electron chi connectivity index (χ2n) is 6.65. The van der Waals surface area contributed by atoms with Crippen molar-refractivity contribution in [2.45, 2.75) is 31.6 Å². The molecule has 6 nitrogen and oxygen atoms in total. The number of sulfone groups is 1. The van der Waals surface area contributed by atoms with Crippen molar-refractivity contribution in [2.75, 3.05) is 44.9 Å². The van der Waals surface area contributed by atoms with Crippen molar-refractivity contribution >= 4 is 21.4 Å². The molecule has 1 aromatic carbocycles. The van der Waals surface area contributed by atoms with Crippen molar-refractivity contribution in [2.24, 2.45) is 0 Å². The van der Waals surface area contributed by atoms with Crippen LogP contribution in [0.3, 0.4) is 0 Å². The molecule has 2 unspecified atom stereocenters. The van der Waals surface area contributed by atoms with Gasteiger partial charge in [0.15, 0.2) is 9.84 Å². The Labute approximate surface area is 152 Å². The lowest BCUT2D eigenvalue weighted by Gasteiger charge is -2.28. The topological polar surface area (TPSA) is 69.7 Å². The molecule has 0 aliphatic rings. The van der Waals surface area contributed by atoms with Crippen molar-refractivity contribution in [3.05, 3.63) is 30.3 Å². The van der Waals surface area contributed by atoms with E-state index in [2.05, 4.69) is 22.3 Å². The van der Waals surface area contributed by atoms with Gasteiger partial charge < -0.3 is 10.2 Å². The van der Waals surface area contributed by atoms with Crippen LogP contribution in [0.5, 0.6) is 0 Å². The number of hydrogen-bond acceptors (Lipinski definition) is 5. The van der Waals surface area contributed by atoms with Crippen LogP contribution in [0.1, 0.15) is 20.3 Å². The van der Waals surface area contributed by atoms with Gasteiger partial charge in [-0.2, -0.15) is 0 Å². The van der Waals surface area contributed by atoms with E-state index < -0.39 is 15.1 Å². The van der Waals surface area contributed by atoms with Crippen LogP contribution in [0.4, 0.5) is 5.69 Å². The minimum absolute atomic E-state index is 0.0857. The summed E-state index contributed by atoms with van der Waals surface area (Å²) in [6.07, 6.45) is 2.07. The Morgan fingerprint density at radius 3 is 2.32 bits per heavy atom. The van der Waals surface area contributed by atoms with Gasteiger partial charge in [0.25, 0.3) is 0 Å². The zero-order valence-corrected chi connectivity index (χ0v) is 16.7. The van der Waals surface area contributed by atoms with Crippen LogP contribution in [-0.4, -0.2) is 70.5 Å². The number of anilines is 1. The minimum Gasteiger partial charge on any atom is -0.375 e. The lowest BCUT2D eigenvalue weighted by molar-refractivity contribution is -0.122. The van der Waals surface area contributed by atoms with Gasteiger partial charge in [-0.15, -0.1) is 0 Å². The molecule has 0 saturated heterocycles. The van der Waals surface area contributed by atoms with E-state index in [1.165, 1.54) is 6.26 Å². The molecule has 0 spiro atoms. The summed E-state index contributed by atoms with van der Waals surface area (Å²) in [5.41, 5.74) is 1.15. The summed E-state index contributed by atoms with van der Waals surface area (Å²) in [5, 5.41) is 2.39. The second kappa shape index (κ2) is 9.77. The van der Waals surface area contributed by atoms with Gasteiger partial charge in [0, 0.05) is 38.1 Å².